The minimum absolute atomic E-state index is 0. The summed E-state index contributed by atoms with van der Waals surface area (Å²) in [6.45, 7) is 4.31. The molecule has 2 heteroatoms. The fourth-order valence-electron chi connectivity index (χ4n) is 4.04. The van der Waals surface area contributed by atoms with Crippen molar-refractivity contribution in [3.05, 3.63) is 140 Å². The van der Waals surface area contributed by atoms with Crippen LogP contribution in [0.5, 0.6) is 0 Å². The average molecular weight is 632 g/mol. The summed E-state index contributed by atoms with van der Waals surface area (Å²) in [5.41, 5.74) is 0. The number of fused-ring (bicyclic) bond motifs is 5. The van der Waals surface area contributed by atoms with E-state index in [4.69, 9.17) is 0 Å². The Morgan fingerprint density at radius 2 is 0.800 bits per heavy atom. The molecule has 7 aromatic rings. The predicted molar refractivity (Wildman–Crippen MR) is 154 cm³/mol. The van der Waals surface area contributed by atoms with Crippen LogP contribution in [0.3, 0.4) is 0 Å². The Labute approximate surface area is 229 Å². The summed E-state index contributed by atoms with van der Waals surface area (Å²) in [4.78, 5) is 0. The topological polar surface area (TPSA) is 0 Å². The molecule has 0 saturated carbocycles. The molecule has 0 nitrogen and oxygen atoms in total. The molecule has 0 aliphatic carbocycles. The average Bonchev–Trinajstić information content (AvgIpc) is 3.63. The fraction of sp³-hybridized carbons (Fsp3) is 0.0606. The molecule has 35 heavy (non-hydrogen) atoms. The molecule has 0 amide bonds. The van der Waals surface area contributed by atoms with Crippen molar-refractivity contribution in [3.63, 3.8) is 0 Å². The van der Waals surface area contributed by atoms with Gasteiger partial charge in [-0.25, -0.2) is 0 Å². The van der Waals surface area contributed by atoms with Gasteiger partial charge in [0.25, 0.3) is 0 Å². The summed E-state index contributed by atoms with van der Waals surface area (Å²) in [5.74, 6) is 0. The summed E-state index contributed by atoms with van der Waals surface area (Å²) < 4.78 is 0. The number of hydrogen-bond acceptors (Lipinski definition) is 0. The second-order valence-corrected chi connectivity index (χ2v) is 9.13. The normalized spacial score (nSPS) is 9.89. The summed E-state index contributed by atoms with van der Waals surface area (Å²) in [6, 6.07) is 48.6. The van der Waals surface area contributed by atoms with E-state index >= 15 is 0 Å². The zero-order valence-corrected chi connectivity index (χ0v) is 24.9. The molecule has 0 aliphatic rings. The Kier molecular flexibility index (Phi) is 10.5. The molecule has 0 bridgehead atoms. The van der Waals surface area contributed by atoms with Crippen molar-refractivity contribution in [2.75, 3.05) is 0 Å². The zero-order valence-electron chi connectivity index (χ0n) is 20.3. The van der Waals surface area contributed by atoms with Crippen molar-refractivity contribution in [3.8, 4) is 0 Å². The molecule has 7 aromatic carbocycles. The number of hydrogen-bond donors (Lipinski definition) is 0. The van der Waals surface area contributed by atoms with E-state index < -0.39 is 0 Å². The van der Waals surface area contributed by atoms with Crippen LogP contribution < -0.4 is 0 Å². The van der Waals surface area contributed by atoms with E-state index in [-0.39, 0.29) is 25.8 Å². The van der Waals surface area contributed by atoms with Crippen molar-refractivity contribution in [1.82, 2.24) is 0 Å². The van der Waals surface area contributed by atoms with Crippen LogP contribution in [-0.4, -0.2) is 9.52 Å². The summed E-state index contributed by atoms with van der Waals surface area (Å²) in [7, 11) is 1.08. The van der Waals surface area contributed by atoms with Gasteiger partial charge in [-0.15, -0.1) is 99.0 Å². The summed E-state index contributed by atoms with van der Waals surface area (Å²) in [5, 5.41) is 10.7. The van der Waals surface area contributed by atoms with Crippen molar-refractivity contribution < 1.29 is 25.8 Å². The third-order valence-corrected chi connectivity index (χ3v) is 5.62. The first kappa shape index (κ1) is 26.7. The van der Waals surface area contributed by atoms with Gasteiger partial charge >= 0.3 is 0 Å². The standard InChI is InChI=1S/C13H9.2C9H7.C2H6Si.Hf/c1-3-7-12-10(5-1)9-11-6-2-4-8-13(11)12;2*1-2-5-9-7-3-6-8(9)4-1;1-3-2;/h1-9H;2*1-7H;1-2H3;/q3*-1;;. The fourth-order valence-corrected chi connectivity index (χ4v) is 4.04. The van der Waals surface area contributed by atoms with Crippen LogP contribution in [0.1, 0.15) is 0 Å². The van der Waals surface area contributed by atoms with Gasteiger partial charge in [-0.1, -0.05) is 61.6 Å². The van der Waals surface area contributed by atoms with Crippen molar-refractivity contribution >= 4 is 52.6 Å². The van der Waals surface area contributed by atoms with E-state index in [1.807, 2.05) is 0 Å². The Hall–Kier alpha value is -2.94. The van der Waals surface area contributed by atoms with E-state index in [0.29, 0.717) is 0 Å². The van der Waals surface area contributed by atoms with Gasteiger partial charge in [0.1, 0.15) is 0 Å². The molecular formula is C33H29HfSi-3. The van der Waals surface area contributed by atoms with Gasteiger partial charge in [-0.05, 0) is 0 Å². The maximum absolute atomic E-state index is 2.24. The Balaban J connectivity index is 0.000000140. The van der Waals surface area contributed by atoms with E-state index in [1.54, 1.807) is 0 Å². The van der Waals surface area contributed by atoms with Gasteiger partial charge in [0.05, 0.1) is 0 Å². The minimum Gasteiger partial charge on any atom is -0.168 e. The smallest absolute Gasteiger partial charge is 0.0307 e. The van der Waals surface area contributed by atoms with Crippen molar-refractivity contribution in [2.45, 2.75) is 13.1 Å². The maximum Gasteiger partial charge on any atom is 0.0307 e. The quantitative estimate of drug-likeness (QED) is 0.115. The van der Waals surface area contributed by atoms with Crippen molar-refractivity contribution in [1.29, 1.82) is 0 Å². The van der Waals surface area contributed by atoms with E-state index in [0.717, 1.165) is 9.52 Å². The molecule has 0 heterocycles. The second-order valence-electron chi connectivity index (χ2n) is 8.13. The molecule has 2 radical (unpaired) electrons. The first-order valence-electron chi connectivity index (χ1n) is 11.6. The summed E-state index contributed by atoms with van der Waals surface area (Å²) in [6.07, 6.45) is 0. The molecule has 0 saturated heterocycles. The molecule has 0 N–H and O–H groups in total. The predicted octanol–water partition coefficient (Wildman–Crippen LogP) is 9.61. The summed E-state index contributed by atoms with van der Waals surface area (Å²) >= 11 is 0. The van der Waals surface area contributed by atoms with Gasteiger partial charge in [0.2, 0.25) is 0 Å². The van der Waals surface area contributed by atoms with Crippen LogP contribution in [-0.2, 0) is 25.8 Å². The number of rotatable bonds is 0. The van der Waals surface area contributed by atoms with Crippen molar-refractivity contribution in [2.24, 2.45) is 0 Å². The molecule has 172 valence electrons. The third kappa shape index (κ3) is 7.03. The number of benzene rings is 4. The van der Waals surface area contributed by atoms with Gasteiger partial charge in [-0.2, -0.15) is 35.0 Å². The van der Waals surface area contributed by atoms with Crippen LogP contribution in [0.15, 0.2) is 140 Å². The van der Waals surface area contributed by atoms with Crippen LogP contribution in [0.2, 0.25) is 13.1 Å². The molecule has 0 spiro atoms. The van der Waals surface area contributed by atoms with E-state index in [1.165, 1.54) is 43.1 Å². The Bertz CT molecular complexity index is 1390. The van der Waals surface area contributed by atoms with Gasteiger partial charge < -0.3 is 0 Å². The molecule has 0 aromatic heterocycles. The van der Waals surface area contributed by atoms with Gasteiger partial charge in [0, 0.05) is 35.4 Å². The first-order valence-corrected chi connectivity index (χ1v) is 13.6. The van der Waals surface area contributed by atoms with Gasteiger partial charge in [0.15, 0.2) is 0 Å². The molecule has 0 aliphatic heterocycles. The zero-order chi connectivity index (χ0) is 23.6. The Morgan fingerprint density at radius 1 is 0.457 bits per heavy atom. The molecular weight excluding hydrogens is 603 g/mol. The van der Waals surface area contributed by atoms with E-state index in [2.05, 4.69) is 153 Å². The molecule has 0 fully saturated rings. The van der Waals surface area contributed by atoms with Crippen LogP contribution in [0.4, 0.5) is 0 Å². The van der Waals surface area contributed by atoms with Crippen LogP contribution in [0.25, 0.3) is 43.1 Å². The van der Waals surface area contributed by atoms with Gasteiger partial charge in [-0.3, -0.25) is 0 Å². The minimum atomic E-state index is 0. The molecule has 0 atom stereocenters. The van der Waals surface area contributed by atoms with Crippen LogP contribution in [0, 0.1) is 0 Å². The maximum atomic E-state index is 2.24. The molecule has 7 rings (SSSR count). The largest absolute Gasteiger partial charge is 0.168 e. The van der Waals surface area contributed by atoms with E-state index in [9.17, 15) is 0 Å². The molecule has 0 unspecified atom stereocenters. The monoisotopic (exact) mass is 633 g/mol. The van der Waals surface area contributed by atoms with Crippen LogP contribution >= 0.6 is 0 Å². The second kappa shape index (κ2) is 13.8. The Morgan fingerprint density at radius 3 is 1.20 bits per heavy atom. The third-order valence-electron chi connectivity index (χ3n) is 5.62. The SMILES string of the molecule is C[Si]C.[Hf].c1ccc2[cH-]ccc2c1.c1ccc2[cH-]ccc2c1.c1ccc2c(c1)[cH-]c1ccccc12. The first-order chi connectivity index (χ1) is 16.8.